The van der Waals surface area contributed by atoms with Gasteiger partial charge < -0.3 is 5.32 Å². The van der Waals surface area contributed by atoms with Crippen LogP contribution in [0.3, 0.4) is 0 Å². The van der Waals surface area contributed by atoms with E-state index in [2.05, 4.69) is 25.4 Å². The van der Waals surface area contributed by atoms with Gasteiger partial charge in [-0.3, -0.25) is 0 Å². The predicted octanol–water partition coefficient (Wildman–Crippen LogP) is 2.90. The van der Waals surface area contributed by atoms with Crippen molar-refractivity contribution in [1.82, 2.24) is 24.7 Å². The summed E-state index contributed by atoms with van der Waals surface area (Å²) in [5.74, 6) is 0.251. The zero-order valence-corrected chi connectivity index (χ0v) is 11.7. The molecule has 106 valence electrons. The fraction of sp³-hybridized carbons (Fsp3) is 0.0769. The SMILES string of the molecule is Cc1cc(F)ccc1Nc1nc(Cl)nc(-n2cccn2)n1. The van der Waals surface area contributed by atoms with Crippen molar-refractivity contribution in [2.24, 2.45) is 0 Å². The summed E-state index contributed by atoms with van der Waals surface area (Å²) in [5.41, 5.74) is 1.41. The molecule has 8 heteroatoms. The van der Waals surface area contributed by atoms with Crippen LogP contribution in [0.1, 0.15) is 5.56 Å². The monoisotopic (exact) mass is 304 g/mol. The van der Waals surface area contributed by atoms with Crippen molar-refractivity contribution in [3.63, 3.8) is 0 Å². The number of nitrogens with zero attached hydrogens (tertiary/aromatic N) is 5. The third-order valence-corrected chi connectivity index (χ3v) is 2.91. The average Bonchev–Trinajstić information content (AvgIpc) is 2.95. The standard InChI is InChI=1S/C13H10ClFN6/c1-8-7-9(15)3-4-10(8)17-12-18-11(14)19-13(20-12)21-6-2-5-16-21/h2-7H,1H3,(H,17,18,19,20). The minimum absolute atomic E-state index is 0.0396. The summed E-state index contributed by atoms with van der Waals surface area (Å²) in [6, 6.07) is 6.12. The minimum Gasteiger partial charge on any atom is -0.324 e. The molecule has 0 saturated carbocycles. The first kappa shape index (κ1) is 13.4. The van der Waals surface area contributed by atoms with Gasteiger partial charge >= 0.3 is 0 Å². The van der Waals surface area contributed by atoms with E-state index in [-0.39, 0.29) is 17.0 Å². The predicted molar refractivity (Wildman–Crippen MR) is 76.4 cm³/mol. The Morgan fingerprint density at radius 2 is 2.10 bits per heavy atom. The summed E-state index contributed by atoms with van der Waals surface area (Å²) < 4.78 is 14.6. The maximum atomic E-state index is 13.1. The van der Waals surface area contributed by atoms with E-state index in [1.54, 1.807) is 31.5 Å². The number of aromatic nitrogens is 5. The van der Waals surface area contributed by atoms with Gasteiger partial charge in [0, 0.05) is 18.1 Å². The zero-order valence-electron chi connectivity index (χ0n) is 11.0. The lowest BCUT2D eigenvalue weighted by atomic mass is 10.2. The topological polar surface area (TPSA) is 68.5 Å². The minimum atomic E-state index is -0.302. The third-order valence-electron chi connectivity index (χ3n) is 2.74. The van der Waals surface area contributed by atoms with Gasteiger partial charge in [0.15, 0.2) is 0 Å². The maximum absolute atomic E-state index is 13.1. The van der Waals surface area contributed by atoms with Crippen molar-refractivity contribution in [3.05, 3.63) is 53.3 Å². The molecule has 0 fully saturated rings. The highest BCUT2D eigenvalue weighted by Gasteiger charge is 2.08. The van der Waals surface area contributed by atoms with E-state index in [0.717, 1.165) is 5.56 Å². The number of halogens is 2. The molecule has 0 unspecified atom stereocenters. The first-order chi connectivity index (χ1) is 10.1. The highest BCUT2D eigenvalue weighted by molar-refractivity contribution is 6.28. The lowest BCUT2D eigenvalue weighted by Gasteiger charge is -2.09. The number of aryl methyl sites for hydroxylation is 1. The van der Waals surface area contributed by atoms with Crippen LogP contribution in [0.5, 0.6) is 0 Å². The van der Waals surface area contributed by atoms with Gasteiger partial charge in [-0.2, -0.15) is 20.1 Å². The van der Waals surface area contributed by atoms with Gasteiger partial charge in [0.05, 0.1) is 0 Å². The van der Waals surface area contributed by atoms with Crippen molar-refractivity contribution >= 4 is 23.2 Å². The molecule has 0 spiro atoms. The highest BCUT2D eigenvalue weighted by atomic mass is 35.5. The molecular formula is C13H10ClFN6. The van der Waals surface area contributed by atoms with Crippen LogP contribution in [-0.4, -0.2) is 24.7 Å². The van der Waals surface area contributed by atoms with E-state index in [1.807, 2.05) is 0 Å². The van der Waals surface area contributed by atoms with Crippen molar-refractivity contribution in [2.75, 3.05) is 5.32 Å². The Morgan fingerprint density at radius 3 is 2.81 bits per heavy atom. The van der Waals surface area contributed by atoms with E-state index in [9.17, 15) is 4.39 Å². The third kappa shape index (κ3) is 2.97. The summed E-state index contributed by atoms with van der Waals surface area (Å²) in [6.07, 6.45) is 3.30. The molecule has 0 saturated heterocycles. The van der Waals surface area contributed by atoms with Crippen LogP contribution in [0.4, 0.5) is 16.0 Å². The number of nitrogens with one attached hydrogen (secondary N) is 1. The Kier molecular flexibility index (Phi) is 3.49. The molecule has 3 aromatic rings. The van der Waals surface area contributed by atoms with Crippen LogP contribution in [0.15, 0.2) is 36.7 Å². The Hall–Kier alpha value is -2.54. The van der Waals surface area contributed by atoms with Gasteiger partial charge in [0.1, 0.15) is 5.82 Å². The molecule has 21 heavy (non-hydrogen) atoms. The second kappa shape index (κ2) is 5.45. The fourth-order valence-corrected chi connectivity index (χ4v) is 1.93. The van der Waals surface area contributed by atoms with Crippen LogP contribution in [0.25, 0.3) is 5.95 Å². The number of benzene rings is 1. The maximum Gasteiger partial charge on any atom is 0.256 e. The number of anilines is 2. The van der Waals surface area contributed by atoms with E-state index < -0.39 is 0 Å². The fourth-order valence-electron chi connectivity index (χ4n) is 1.77. The van der Waals surface area contributed by atoms with E-state index in [0.29, 0.717) is 11.6 Å². The van der Waals surface area contributed by atoms with Gasteiger partial charge in [0.25, 0.3) is 5.95 Å². The van der Waals surface area contributed by atoms with Gasteiger partial charge in [-0.1, -0.05) is 0 Å². The molecule has 6 nitrogen and oxygen atoms in total. The summed E-state index contributed by atoms with van der Waals surface area (Å²) >= 11 is 5.89. The van der Waals surface area contributed by atoms with Gasteiger partial charge in [-0.25, -0.2) is 9.07 Å². The second-order valence-corrected chi connectivity index (χ2v) is 4.60. The Labute approximate surface area is 124 Å². The molecule has 0 radical (unpaired) electrons. The molecule has 2 heterocycles. The van der Waals surface area contributed by atoms with E-state index in [4.69, 9.17) is 11.6 Å². The molecule has 0 atom stereocenters. The van der Waals surface area contributed by atoms with Crippen molar-refractivity contribution < 1.29 is 4.39 Å². The summed E-state index contributed by atoms with van der Waals surface area (Å²) in [7, 11) is 0. The van der Waals surface area contributed by atoms with Crippen LogP contribution in [-0.2, 0) is 0 Å². The van der Waals surface area contributed by atoms with Crippen LogP contribution in [0, 0.1) is 12.7 Å². The Balaban J connectivity index is 1.95. The van der Waals surface area contributed by atoms with Crippen molar-refractivity contribution in [1.29, 1.82) is 0 Å². The average molecular weight is 305 g/mol. The van der Waals surface area contributed by atoms with Gasteiger partial charge in [-0.05, 0) is 48.4 Å². The molecule has 0 amide bonds. The van der Waals surface area contributed by atoms with Crippen LogP contribution >= 0.6 is 11.6 Å². The highest BCUT2D eigenvalue weighted by Crippen LogP contribution is 2.20. The molecule has 1 N–H and O–H groups in total. The van der Waals surface area contributed by atoms with Crippen molar-refractivity contribution in [2.45, 2.75) is 6.92 Å². The molecule has 0 aliphatic heterocycles. The number of hydrogen-bond acceptors (Lipinski definition) is 5. The Morgan fingerprint density at radius 1 is 1.24 bits per heavy atom. The summed E-state index contributed by atoms with van der Waals surface area (Å²) in [5, 5.41) is 7.06. The van der Waals surface area contributed by atoms with Crippen molar-refractivity contribution in [3.8, 4) is 5.95 Å². The molecular weight excluding hydrogens is 295 g/mol. The number of hydrogen-bond donors (Lipinski definition) is 1. The first-order valence-corrected chi connectivity index (χ1v) is 6.44. The van der Waals surface area contributed by atoms with Gasteiger partial charge in [-0.15, -0.1) is 0 Å². The summed E-state index contributed by atoms with van der Waals surface area (Å²) in [4.78, 5) is 12.2. The van der Waals surface area contributed by atoms with E-state index >= 15 is 0 Å². The number of rotatable bonds is 3. The smallest absolute Gasteiger partial charge is 0.256 e. The first-order valence-electron chi connectivity index (χ1n) is 6.06. The lowest BCUT2D eigenvalue weighted by molar-refractivity contribution is 0.627. The second-order valence-electron chi connectivity index (χ2n) is 4.26. The molecule has 3 rings (SSSR count). The summed E-state index contributed by atoms with van der Waals surface area (Å²) in [6.45, 7) is 1.78. The quantitative estimate of drug-likeness (QED) is 0.806. The normalized spacial score (nSPS) is 10.6. The lowest BCUT2D eigenvalue weighted by Crippen LogP contribution is -2.07. The molecule has 2 aromatic heterocycles. The molecule has 0 aliphatic carbocycles. The van der Waals surface area contributed by atoms with Crippen LogP contribution < -0.4 is 5.32 Å². The van der Waals surface area contributed by atoms with Crippen LogP contribution in [0.2, 0.25) is 5.28 Å². The molecule has 0 bridgehead atoms. The largest absolute Gasteiger partial charge is 0.324 e. The van der Waals surface area contributed by atoms with Gasteiger partial charge in [0.2, 0.25) is 11.2 Å². The zero-order chi connectivity index (χ0) is 14.8. The van der Waals surface area contributed by atoms with E-state index in [1.165, 1.54) is 16.8 Å². The molecule has 1 aromatic carbocycles. The Bertz CT molecular complexity index is 774. The molecule has 0 aliphatic rings.